The number of unbranched alkanes of at least 4 members (excludes halogenated alkanes) is 7. The van der Waals surface area contributed by atoms with Gasteiger partial charge < -0.3 is 14.6 Å². The number of rotatable bonds is 17. The zero-order chi connectivity index (χ0) is 19.1. The second kappa shape index (κ2) is 21.4. The molecule has 0 amide bonds. The summed E-state index contributed by atoms with van der Waals surface area (Å²) >= 11 is 0. The van der Waals surface area contributed by atoms with E-state index < -0.39 is 5.97 Å². The number of allylic oxidation sites excluding steroid dienone is 7. The molecule has 0 spiro atoms. The first-order valence-electron chi connectivity index (χ1n) is 9.83. The number of carbonyl (C=O) groups excluding carboxylic acids is 1. The maximum absolute atomic E-state index is 11.3. The van der Waals surface area contributed by atoms with Crippen LogP contribution in [0.15, 0.2) is 48.6 Å². The van der Waals surface area contributed by atoms with Crippen molar-refractivity contribution in [1.82, 2.24) is 0 Å². The van der Waals surface area contributed by atoms with E-state index in [-0.39, 0.29) is 19.8 Å². The number of hydrogen-bond acceptors (Lipinski definition) is 4. The smallest absolute Gasteiger partial charge is 0.330 e. The highest BCUT2D eigenvalue weighted by Crippen LogP contribution is 2.08. The molecule has 0 aliphatic carbocycles. The van der Waals surface area contributed by atoms with Gasteiger partial charge in [-0.05, 0) is 12.8 Å². The molecule has 0 bridgehead atoms. The highest BCUT2D eigenvalue weighted by molar-refractivity contribution is 5.82. The largest absolute Gasteiger partial charge is 0.460 e. The minimum absolute atomic E-state index is 0.0273. The average Bonchev–Trinajstić information content (AvgIpc) is 2.64. The summed E-state index contributed by atoms with van der Waals surface area (Å²) < 4.78 is 9.90. The van der Waals surface area contributed by atoms with Gasteiger partial charge in [0.25, 0.3) is 0 Å². The monoisotopic (exact) mass is 364 g/mol. The van der Waals surface area contributed by atoms with Crippen LogP contribution in [0.5, 0.6) is 0 Å². The van der Waals surface area contributed by atoms with E-state index in [0.29, 0.717) is 6.61 Å². The summed E-state index contributed by atoms with van der Waals surface area (Å²) in [6.07, 6.45) is 25.4. The summed E-state index contributed by atoms with van der Waals surface area (Å²) in [5.41, 5.74) is 0. The lowest BCUT2D eigenvalue weighted by Gasteiger charge is -2.01. The Hall–Kier alpha value is -1.65. The van der Waals surface area contributed by atoms with Crippen LogP contribution in [0.4, 0.5) is 0 Å². The van der Waals surface area contributed by atoms with Crippen molar-refractivity contribution in [2.24, 2.45) is 0 Å². The van der Waals surface area contributed by atoms with Gasteiger partial charge in [-0.3, -0.25) is 0 Å². The van der Waals surface area contributed by atoms with Crippen molar-refractivity contribution in [3.05, 3.63) is 48.6 Å². The molecule has 0 saturated carbocycles. The maximum atomic E-state index is 11.3. The number of ether oxygens (including phenoxy) is 2. The van der Waals surface area contributed by atoms with Crippen LogP contribution < -0.4 is 0 Å². The molecule has 0 unspecified atom stereocenters. The van der Waals surface area contributed by atoms with E-state index in [9.17, 15) is 4.79 Å². The van der Waals surface area contributed by atoms with Crippen molar-refractivity contribution in [3.63, 3.8) is 0 Å². The van der Waals surface area contributed by atoms with Crippen LogP contribution in [0, 0.1) is 0 Å². The third kappa shape index (κ3) is 20.4. The van der Waals surface area contributed by atoms with Crippen molar-refractivity contribution >= 4 is 5.97 Å². The fourth-order valence-electron chi connectivity index (χ4n) is 2.20. The third-order valence-corrected chi connectivity index (χ3v) is 3.61. The normalized spacial score (nSPS) is 12.2. The van der Waals surface area contributed by atoms with Crippen LogP contribution in [-0.2, 0) is 14.3 Å². The lowest BCUT2D eigenvalue weighted by atomic mass is 10.1. The first-order valence-corrected chi connectivity index (χ1v) is 9.83. The Kier molecular flexibility index (Phi) is 20.0. The highest BCUT2D eigenvalue weighted by Gasteiger charge is 1.95. The van der Waals surface area contributed by atoms with Gasteiger partial charge in [0.15, 0.2) is 0 Å². The maximum Gasteiger partial charge on any atom is 0.330 e. The second-order valence-corrected chi connectivity index (χ2v) is 5.97. The van der Waals surface area contributed by atoms with E-state index >= 15 is 0 Å². The second-order valence-electron chi connectivity index (χ2n) is 5.97. The molecule has 0 radical (unpaired) electrons. The molecule has 0 saturated heterocycles. The van der Waals surface area contributed by atoms with E-state index in [2.05, 4.69) is 19.1 Å². The first kappa shape index (κ1) is 24.4. The first-order chi connectivity index (χ1) is 12.8. The summed E-state index contributed by atoms with van der Waals surface area (Å²) in [6, 6.07) is 0. The van der Waals surface area contributed by atoms with Gasteiger partial charge in [-0.15, -0.1) is 0 Å². The number of esters is 1. The average molecular weight is 365 g/mol. The Bertz CT molecular complexity index is 422. The lowest BCUT2D eigenvalue weighted by Crippen LogP contribution is -2.10. The lowest BCUT2D eigenvalue weighted by molar-refractivity contribution is -0.139. The molecule has 0 aromatic carbocycles. The van der Waals surface area contributed by atoms with Gasteiger partial charge in [0.05, 0.1) is 19.8 Å². The molecular formula is C22H36O4. The van der Waals surface area contributed by atoms with Crippen molar-refractivity contribution in [3.8, 4) is 0 Å². The zero-order valence-electron chi connectivity index (χ0n) is 16.3. The molecule has 4 heteroatoms. The van der Waals surface area contributed by atoms with Crippen LogP contribution in [0.2, 0.25) is 0 Å². The molecule has 1 N–H and O–H groups in total. The van der Waals surface area contributed by atoms with Gasteiger partial charge in [-0.2, -0.15) is 0 Å². The molecule has 0 atom stereocenters. The van der Waals surface area contributed by atoms with Crippen molar-refractivity contribution in [2.45, 2.75) is 58.3 Å². The van der Waals surface area contributed by atoms with Crippen LogP contribution in [0.1, 0.15) is 58.3 Å². The quantitative estimate of drug-likeness (QED) is 0.172. The molecule has 0 aliphatic heterocycles. The fourth-order valence-corrected chi connectivity index (χ4v) is 2.20. The van der Waals surface area contributed by atoms with Gasteiger partial charge in [0, 0.05) is 6.08 Å². The molecule has 4 nitrogen and oxygen atoms in total. The number of aliphatic hydroxyl groups is 1. The van der Waals surface area contributed by atoms with Gasteiger partial charge >= 0.3 is 5.97 Å². The SMILES string of the molecule is CCCCCCCCCC=CC=CC=CC=CC(=O)OCCOCCO. The van der Waals surface area contributed by atoms with E-state index in [1.54, 1.807) is 12.2 Å². The van der Waals surface area contributed by atoms with Crippen LogP contribution in [0.3, 0.4) is 0 Å². The summed E-state index contributed by atoms with van der Waals surface area (Å²) in [6.45, 7) is 2.97. The van der Waals surface area contributed by atoms with Gasteiger partial charge in [0.1, 0.15) is 6.61 Å². The van der Waals surface area contributed by atoms with Gasteiger partial charge in [0.2, 0.25) is 0 Å². The van der Waals surface area contributed by atoms with Crippen LogP contribution in [-0.4, -0.2) is 37.5 Å². The van der Waals surface area contributed by atoms with E-state index in [1.165, 1.54) is 51.0 Å². The van der Waals surface area contributed by atoms with Crippen LogP contribution >= 0.6 is 0 Å². The number of hydrogen-bond donors (Lipinski definition) is 1. The predicted molar refractivity (Wildman–Crippen MR) is 108 cm³/mol. The van der Waals surface area contributed by atoms with Gasteiger partial charge in [-0.25, -0.2) is 4.79 Å². The minimum atomic E-state index is -0.402. The van der Waals surface area contributed by atoms with E-state index in [1.807, 2.05) is 18.2 Å². The molecule has 0 fully saturated rings. The third-order valence-electron chi connectivity index (χ3n) is 3.61. The summed E-state index contributed by atoms with van der Waals surface area (Å²) in [5, 5.41) is 8.52. The van der Waals surface area contributed by atoms with Crippen LogP contribution in [0.25, 0.3) is 0 Å². The molecule has 0 rings (SSSR count). The Morgan fingerprint density at radius 3 is 2.19 bits per heavy atom. The van der Waals surface area contributed by atoms with E-state index in [0.717, 1.165) is 6.42 Å². The Morgan fingerprint density at radius 2 is 1.46 bits per heavy atom. The van der Waals surface area contributed by atoms with Crippen molar-refractivity contribution < 1.29 is 19.4 Å². The Labute approximate surface area is 159 Å². The molecule has 148 valence electrons. The Balaban J connectivity index is 3.54. The van der Waals surface area contributed by atoms with Crippen molar-refractivity contribution in [2.75, 3.05) is 26.4 Å². The van der Waals surface area contributed by atoms with Gasteiger partial charge in [-0.1, -0.05) is 88.0 Å². The van der Waals surface area contributed by atoms with E-state index in [4.69, 9.17) is 14.6 Å². The predicted octanol–water partition coefficient (Wildman–Crippen LogP) is 4.90. The molecule has 0 aromatic heterocycles. The molecular weight excluding hydrogens is 328 g/mol. The standard InChI is InChI=1S/C22H36O4/c1-2-3-4-5-6-7-8-9-10-11-12-13-14-15-16-17-22(24)26-21-20-25-19-18-23/h10-17,23H,2-9,18-21H2,1H3. The molecule has 26 heavy (non-hydrogen) atoms. The zero-order valence-corrected chi connectivity index (χ0v) is 16.3. The Morgan fingerprint density at radius 1 is 0.808 bits per heavy atom. The highest BCUT2D eigenvalue weighted by atomic mass is 16.6. The summed E-state index contributed by atoms with van der Waals surface area (Å²) in [5.74, 6) is -0.402. The fraction of sp³-hybridized carbons (Fsp3) is 0.591. The summed E-state index contributed by atoms with van der Waals surface area (Å²) in [7, 11) is 0. The van der Waals surface area contributed by atoms with Crippen molar-refractivity contribution in [1.29, 1.82) is 0 Å². The molecule has 0 aromatic rings. The molecule has 0 aliphatic rings. The summed E-state index contributed by atoms with van der Waals surface area (Å²) in [4.78, 5) is 11.3. The molecule has 0 heterocycles. The minimum Gasteiger partial charge on any atom is -0.460 e. The topological polar surface area (TPSA) is 55.8 Å². The number of carbonyl (C=O) groups is 1. The number of aliphatic hydroxyl groups excluding tert-OH is 1.